The fourth-order valence-electron chi connectivity index (χ4n) is 1.56. The van der Waals surface area contributed by atoms with Crippen LogP contribution in [0.4, 0.5) is 0 Å². The number of nitrogens with zero attached hydrogens (tertiary/aromatic N) is 2. The summed E-state index contributed by atoms with van der Waals surface area (Å²) in [5.74, 6) is 1.86. The minimum absolute atomic E-state index is 0.492. The van der Waals surface area contributed by atoms with Crippen LogP contribution in [0.15, 0.2) is 6.07 Å². The molecule has 5 nitrogen and oxygen atoms in total. The summed E-state index contributed by atoms with van der Waals surface area (Å²) in [7, 11) is 1.74. The molecule has 1 aromatic rings. The molecule has 1 aliphatic rings. The highest BCUT2D eigenvalue weighted by molar-refractivity contribution is 8.09. The van der Waals surface area contributed by atoms with Crippen molar-refractivity contribution in [3.8, 4) is 5.88 Å². The highest BCUT2D eigenvalue weighted by Gasteiger charge is 2.28. The number of aromatic nitrogens is 2. The molecule has 1 N–H and O–H groups in total. The first-order valence-corrected chi connectivity index (χ1v) is 8.69. The maximum Gasteiger partial charge on any atom is 0.313 e. The Morgan fingerprint density at radius 1 is 1.50 bits per heavy atom. The molecule has 0 amide bonds. The van der Waals surface area contributed by atoms with Crippen LogP contribution in [0.2, 0.25) is 0 Å². The zero-order valence-corrected chi connectivity index (χ0v) is 12.6. The van der Waals surface area contributed by atoms with Crippen molar-refractivity contribution in [2.45, 2.75) is 32.6 Å². The summed E-state index contributed by atoms with van der Waals surface area (Å²) in [6, 6.07) is 1.79. The van der Waals surface area contributed by atoms with Gasteiger partial charge in [0.2, 0.25) is 5.88 Å². The topological polar surface area (TPSA) is 56.3 Å². The Hall–Kier alpha value is -0.550. The second-order valence-corrected chi connectivity index (χ2v) is 7.54. The molecular formula is C11H18N3O2PS. The van der Waals surface area contributed by atoms with Gasteiger partial charge in [-0.2, -0.15) is 4.98 Å². The SMILES string of the molecule is CCOP(=S)(NC)Oc1cc(C)nc(C2CC2)n1. The van der Waals surface area contributed by atoms with Gasteiger partial charge in [-0.15, -0.1) is 0 Å². The van der Waals surface area contributed by atoms with Gasteiger partial charge in [0.25, 0.3) is 0 Å². The zero-order valence-electron chi connectivity index (χ0n) is 10.8. The van der Waals surface area contributed by atoms with Gasteiger partial charge in [0.05, 0.1) is 6.61 Å². The quantitative estimate of drug-likeness (QED) is 0.811. The Labute approximate surface area is 113 Å². The second-order valence-electron chi connectivity index (χ2n) is 4.21. The molecule has 0 spiro atoms. The monoisotopic (exact) mass is 287 g/mol. The molecule has 2 rings (SSSR count). The lowest BCUT2D eigenvalue weighted by Crippen LogP contribution is -2.12. The van der Waals surface area contributed by atoms with Crippen molar-refractivity contribution in [3.63, 3.8) is 0 Å². The van der Waals surface area contributed by atoms with Gasteiger partial charge in [-0.05, 0) is 45.5 Å². The van der Waals surface area contributed by atoms with E-state index in [2.05, 4.69) is 15.1 Å². The number of nitrogens with one attached hydrogen (secondary N) is 1. The predicted octanol–water partition coefficient (Wildman–Crippen LogP) is 2.52. The average molecular weight is 287 g/mol. The van der Waals surface area contributed by atoms with Crippen molar-refractivity contribution >= 4 is 18.4 Å². The summed E-state index contributed by atoms with van der Waals surface area (Å²) >= 11 is 5.35. The summed E-state index contributed by atoms with van der Waals surface area (Å²) in [5.41, 5.74) is 0.899. The average Bonchev–Trinajstić information content (AvgIpc) is 3.12. The number of aryl methyl sites for hydroxylation is 1. The Balaban J connectivity index is 2.19. The van der Waals surface area contributed by atoms with Crippen LogP contribution in [0.5, 0.6) is 5.88 Å². The fraction of sp³-hybridized carbons (Fsp3) is 0.636. The first-order chi connectivity index (χ1) is 8.56. The van der Waals surface area contributed by atoms with Crippen LogP contribution in [0.25, 0.3) is 0 Å². The van der Waals surface area contributed by atoms with Crippen molar-refractivity contribution in [1.82, 2.24) is 15.1 Å². The van der Waals surface area contributed by atoms with Crippen LogP contribution in [0, 0.1) is 6.92 Å². The predicted molar refractivity (Wildman–Crippen MR) is 74.3 cm³/mol. The molecule has 1 atom stereocenters. The van der Waals surface area contributed by atoms with Gasteiger partial charge in [0.1, 0.15) is 5.82 Å². The van der Waals surface area contributed by atoms with Crippen molar-refractivity contribution in [2.24, 2.45) is 0 Å². The summed E-state index contributed by atoms with van der Waals surface area (Å²) in [6.07, 6.45) is 2.32. The lowest BCUT2D eigenvalue weighted by molar-refractivity contribution is 0.322. The van der Waals surface area contributed by atoms with Gasteiger partial charge >= 0.3 is 6.64 Å². The van der Waals surface area contributed by atoms with Crippen LogP contribution in [-0.4, -0.2) is 23.6 Å². The highest BCUT2D eigenvalue weighted by atomic mass is 32.5. The second kappa shape index (κ2) is 5.61. The van der Waals surface area contributed by atoms with E-state index in [0.29, 0.717) is 18.4 Å². The van der Waals surface area contributed by atoms with Gasteiger partial charge in [0, 0.05) is 17.7 Å². The molecule has 0 aliphatic heterocycles. The Morgan fingerprint density at radius 2 is 2.22 bits per heavy atom. The molecule has 18 heavy (non-hydrogen) atoms. The number of hydrogen-bond donors (Lipinski definition) is 1. The summed E-state index contributed by atoms with van der Waals surface area (Å²) in [5, 5.41) is 2.93. The molecule has 0 aromatic carbocycles. The molecular weight excluding hydrogens is 269 g/mol. The Bertz CT molecular complexity index is 479. The van der Waals surface area contributed by atoms with Crippen LogP contribution in [0.3, 0.4) is 0 Å². The van der Waals surface area contributed by atoms with Crippen LogP contribution < -0.4 is 9.61 Å². The van der Waals surface area contributed by atoms with Crippen molar-refractivity contribution in [3.05, 3.63) is 17.6 Å². The molecule has 1 aromatic heterocycles. The first kappa shape index (κ1) is 13.9. The summed E-state index contributed by atoms with van der Waals surface area (Å²) < 4.78 is 11.2. The first-order valence-electron chi connectivity index (χ1n) is 6.05. The van der Waals surface area contributed by atoms with E-state index in [0.717, 1.165) is 24.4 Å². The smallest absolute Gasteiger partial charge is 0.313 e. The van der Waals surface area contributed by atoms with E-state index in [-0.39, 0.29) is 0 Å². The third-order valence-electron chi connectivity index (χ3n) is 2.58. The zero-order chi connectivity index (χ0) is 13.2. The minimum Gasteiger partial charge on any atom is -0.414 e. The van der Waals surface area contributed by atoms with E-state index in [4.69, 9.17) is 20.9 Å². The van der Waals surface area contributed by atoms with Crippen molar-refractivity contribution < 1.29 is 9.05 Å². The van der Waals surface area contributed by atoms with E-state index in [1.165, 1.54) is 0 Å². The molecule has 0 radical (unpaired) electrons. The fourth-order valence-corrected chi connectivity index (χ4v) is 3.06. The molecule has 100 valence electrons. The van der Waals surface area contributed by atoms with Gasteiger partial charge in [0.15, 0.2) is 0 Å². The van der Waals surface area contributed by atoms with E-state index in [1.54, 1.807) is 13.1 Å². The normalized spacial score (nSPS) is 18.4. The largest absolute Gasteiger partial charge is 0.414 e. The van der Waals surface area contributed by atoms with Gasteiger partial charge in [-0.3, -0.25) is 0 Å². The number of rotatable bonds is 6. The van der Waals surface area contributed by atoms with Crippen LogP contribution in [-0.2, 0) is 16.3 Å². The maximum atomic E-state index is 5.73. The Kier molecular flexibility index (Phi) is 4.33. The molecule has 1 saturated carbocycles. The molecule has 1 unspecified atom stereocenters. The summed E-state index contributed by atoms with van der Waals surface area (Å²) in [6.45, 7) is 1.86. The van der Waals surface area contributed by atoms with E-state index in [9.17, 15) is 0 Å². The highest BCUT2D eigenvalue weighted by Crippen LogP contribution is 2.44. The van der Waals surface area contributed by atoms with Gasteiger partial charge in [-0.25, -0.2) is 10.1 Å². The standard InChI is InChI=1S/C11H18N3O2PS/c1-4-15-17(18,12-3)16-10-7-8(2)13-11(14-10)9-5-6-9/h7,9H,4-6H2,1-3H3,(H,12,18). The lowest BCUT2D eigenvalue weighted by Gasteiger charge is -2.20. The van der Waals surface area contributed by atoms with Gasteiger partial charge < -0.3 is 9.05 Å². The van der Waals surface area contributed by atoms with Crippen molar-refractivity contribution in [1.29, 1.82) is 0 Å². The molecule has 0 bridgehead atoms. The van der Waals surface area contributed by atoms with Crippen molar-refractivity contribution in [2.75, 3.05) is 13.7 Å². The number of hydrogen-bond acceptors (Lipinski definition) is 5. The third kappa shape index (κ3) is 3.48. The van der Waals surface area contributed by atoms with Crippen LogP contribution >= 0.6 is 6.64 Å². The van der Waals surface area contributed by atoms with Crippen LogP contribution in [0.1, 0.15) is 37.2 Å². The third-order valence-corrected chi connectivity index (χ3v) is 5.24. The Morgan fingerprint density at radius 3 is 2.78 bits per heavy atom. The lowest BCUT2D eigenvalue weighted by atomic mass is 10.3. The van der Waals surface area contributed by atoms with Gasteiger partial charge in [-0.1, -0.05) is 0 Å². The van der Waals surface area contributed by atoms with E-state index < -0.39 is 6.64 Å². The molecule has 1 fully saturated rings. The molecule has 1 heterocycles. The maximum absolute atomic E-state index is 5.73. The summed E-state index contributed by atoms with van der Waals surface area (Å²) in [4.78, 5) is 8.84. The molecule has 0 saturated heterocycles. The molecule has 1 aliphatic carbocycles. The van der Waals surface area contributed by atoms with E-state index >= 15 is 0 Å². The minimum atomic E-state index is -2.48. The molecule has 7 heteroatoms. The van der Waals surface area contributed by atoms with E-state index in [1.807, 2.05) is 13.8 Å².